The van der Waals surface area contributed by atoms with E-state index in [0.717, 1.165) is 47.1 Å². The molecule has 1 unspecified atom stereocenters. The lowest BCUT2D eigenvalue weighted by molar-refractivity contribution is 0.362. The fourth-order valence-electron chi connectivity index (χ4n) is 3.29. The first-order valence-corrected chi connectivity index (χ1v) is 7.18. The van der Waals surface area contributed by atoms with E-state index in [-0.39, 0.29) is 5.92 Å². The van der Waals surface area contributed by atoms with Crippen LogP contribution in [0.3, 0.4) is 0 Å². The second-order valence-corrected chi connectivity index (χ2v) is 5.68. The molecular weight excluding hydrogens is 261 g/mol. The van der Waals surface area contributed by atoms with Crippen molar-refractivity contribution in [2.45, 2.75) is 38.5 Å². The molecule has 0 saturated heterocycles. The van der Waals surface area contributed by atoms with Gasteiger partial charge in [-0.1, -0.05) is 41.7 Å². The SMILES string of the molecule is C=C(Cl)C1CCCc2c1c1c(CC)cccc1n2F. The third kappa shape index (κ3) is 1.81. The molecule has 19 heavy (non-hydrogen) atoms. The largest absolute Gasteiger partial charge is 0.183 e. The van der Waals surface area contributed by atoms with Gasteiger partial charge < -0.3 is 0 Å². The summed E-state index contributed by atoms with van der Waals surface area (Å²) < 4.78 is 14.5. The van der Waals surface area contributed by atoms with Crippen molar-refractivity contribution in [3.05, 3.63) is 46.6 Å². The molecule has 0 bridgehead atoms. The molecule has 0 radical (unpaired) electrons. The van der Waals surface area contributed by atoms with E-state index in [2.05, 4.69) is 19.6 Å². The standard InChI is InChI=1S/C16H17ClFN/c1-3-11-6-4-8-13-15(11)16-12(10(2)17)7-5-9-14(16)19(13)18/h4,6,8,12H,2-3,5,7,9H2,1H3. The number of hydrogen-bond acceptors (Lipinski definition) is 0. The van der Waals surface area contributed by atoms with Crippen LogP contribution in [0.5, 0.6) is 0 Å². The Bertz CT molecular complexity index is 656. The van der Waals surface area contributed by atoms with Crippen LogP contribution in [0.25, 0.3) is 10.9 Å². The van der Waals surface area contributed by atoms with Gasteiger partial charge in [-0.3, -0.25) is 0 Å². The number of benzene rings is 1. The van der Waals surface area contributed by atoms with E-state index in [1.165, 1.54) is 5.56 Å². The van der Waals surface area contributed by atoms with Crippen LogP contribution in [-0.2, 0) is 12.8 Å². The molecule has 1 aromatic heterocycles. The molecule has 2 aromatic rings. The molecule has 100 valence electrons. The Hall–Kier alpha value is -1.28. The van der Waals surface area contributed by atoms with Crippen molar-refractivity contribution in [2.75, 3.05) is 0 Å². The molecule has 0 saturated carbocycles. The van der Waals surface area contributed by atoms with Crippen molar-refractivity contribution in [1.29, 1.82) is 0 Å². The van der Waals surface area contributed by atoms with Crippen LogP contribution < -0.4 is 0 Å². The third-order valence-corrected chi connectivity index (χ3v) is 4.43. The Kier molecular flexibility index (Phi) is 3.14. The summed E-state index contributed by atoms with van der Waals surface area (Å²) in [6.45, 7) is 5.98. The molecule has 1 nitrogen and oxygen atoms in total. The van der Waals surface area contributed by atoms with Gasteiger partial charge in [0.1, 0.15) is 0 Å². The summed E-state index contributed by atoms with van der Waals surface area (Å²) in [5.74, 6) is 0.0811. The van der Waals surface area contributed by atoms with Gasteiger partial charge in [0.25, 0.3) is 0 Å². The average Bonchev–Trinajstić information content (AvgIpc) is 2.72. The van der Waals surface area contributed by atoms with Crippen LogP contribution in [0.15, 0.2) is 29.8 Å². The van der Waals surface area contributed by atoms with Crippen LogP contribution in [-0.4, -0.2) is 4.79 Å². The van der Waals surface area contributed by atoms with Gasteiger partial charge in [0.15, 0.2) is 0 Å². The van der Waals surface area contributed by atoms with Gasteiger partial charge >= 0.3 is 0 Å². The zero-order chi connectivity index (χ0) is 13.6. The van der Waals surface area contributed by atoms with Crippen LogP contribution in [0, 0.1) is 0 Å². The molecule has 0 spiro atoms. The van der Waals surface area contributed by atoms with Crippen molar-refractivity contribution in [1.82, 2.24) is 4.79 Å². The molecule has 3 heteroatoms. The number of aromatic nitrogens is 1. The summed E-state index contributed by atoms with van der Waals surface area (Å²) in [6, 6.07) is 5.85. The van der Waals surface area contributed by atoms with Crippen molar-refractivity contribution in [3.63, 3.8) is 0 Å². The maximum atomic E-state index is 14.5. The summed E-state index contributed by atoms with van der Waals surface area (Å²) in [5.41, 5.74) is 3.72. The minimum atomic E-state index is 0.0811. The lowest BCUT2D eigenvalue weighted by Crippen LogP contribution is -2.10. The zero-order valence-electron chi connectivity index (χ0n) is 11.0. The summed E-state index contributed by atoms with van der Waals surface area (Å²) in [5, 5.41) is 1.67. The monoisotopic (exact) mass is 277 g/mol. The van der Waals surface area contributed by atoms with Gasteiger partial charge in [-0.25, -0.2) is 0 Å². The van der Waals surface area contributed by atoms with Gasteiger partial charge in [-0.15, -0.1) is 0 Å². The topological polar surface area (TPSA) is 4.93 Å². The minimum absolute atomic E-state index is 0.0811. The molecule has 1 atom stereocenters. The second-order valence-electron chi connectivity index (χ2n) is 5.20. The molecule has 1 aliphatic rings. The molecular formula is C16H17ClFN. The Labute approximate surface area is 117 Å². The Balaban J connectivity index is 2.39. The van der Waals surface area contributed by atoms with Crippen molar-refractivity contribution < 1.29 is 4.48 Å². The number of rotatable bonds is 2. The van der Waals surface area contributed by atoms with Crippen LogP contribution in [0.2, 0.25) is 0 Å². The van der Waals surface area contributed by atoms with Crippen molar-refractivity contribution >= 4 is 22.5 Å². The first-order valence-electron chi connectivity index (χ1n) is 6.80. The van der Waals surface area contributed by atoms with E-state index in [0.29, 0.717) is 10.5 Å². The number of halogens is 2. The lowest BCUT2D eigenvalue weighted by atomic mass is 9.84. The zero-order valence-corrected chi connectivity index (χ0v) is 11.8. The Morgan fingerprint density at radius 3 is 3.00 bits per heavy atom. The van der Waals surface area contributed by atoms with Gasteiger partial charge in [-0.2, -0.15) is 4.79 Å². The fraction of sp³-hybridized carbons (Fsp3) is 0.375. The molecule has 0 aliphatic heterocycles. The fourth-order valence-corrected chi connectivity index (χ4v) is 3.51. The van der Waals surface area contributed by atoms with E-state index in [4.69, 9.17) is 11.6 Å². The highest BCUT2D eigenvalue weighted by atomic mass is 35.5. The summed E-state index contributed by atoms with van der Waals surface area (Å²) in [4.78, 5) is 0.857. The highest BCUT2D eigenvalue weighted by molar-refractivity contribution is 6.30. The number of fused-ring (bicyclic) bond motifs is 3. The predicted octanol–water partition coefficient (Wildman–Crippen LogP) is 5.11. The summed E-state index contributed by atoms with van der Waals surface area (Å²) in [7, 11) is 0. The molecule has 0 fully saturated rings. The summed E-state index contributed by atoms with van der Waals surface area (Å²) >= 11 is 6.16. The lowest BCUT2D eigenvalue weighted by Gasteiger charge is -2.22. The van der Waals surface area contributed by atoms with Gasteiger partial charge in [-0.05, 0) is 42.9 Å². The van der Waals surface area contributed by atoms with Gasteiger partial charge in [0, 0.05) is 16.3 Å². The molecule has 3 rings (SSSR count). The average molecular weight is 278 g/mol. The molecule has 0 N–H and O–H groups in total. The van der Waals surface area contributed by atoms with Crippen molar-refractivity contribution in [3.8, 4) is 0 Å². The smallest absolute Gasteiger partial charge is 0.0821 e. The highest BCUT2D eigenvalue weighted by Crippen LogP contribution is 2.44. The quantitative estimate of drug-likeness (QED) is 0.719. The second kappa shape index (κ2) is 4.68. The number of nitrogens with zero attached hydrogens (tertiary/aromatic N) is 1. The highest BCUT2D eigenvalue weighted by Gasteiger charge is 2.29. The van der Waals surface area contributed by atoms with E-state index in [1.807, 2.05) is 12.1 Å². The van der Waals surface area contributed by atoms with E-state index < -0.39 is 0 Å². The van der Waals surface area contributed by atoms with E-state index in [9.17, 15) is 4.48 Å². The maximum Gasteiger partial charge on any atom is 0.0821 e. The number of aryl methyl sites for hydroxylation is 1. The number of allylic oxidation sites excluding steroid dienone is 1. The van der Waals surface area contributed by atoms with Gasteiger partial charge in [0.05, 0.1) is 11.2 Å². The normalized spacial score (nSPS) is 18.6. The minimum Gasteiger partial charge on any atom is -0.183 e. The van der Waals surface area contributed by atoms with Crippen LogP contribution in [0.4, 0.5) is 4.48 Å². The Morgan fingerprint density at radius 2 is 2.32 bits per heavy atom. The van der Waals surface area contributed by atoms with Gasteiger partial charge in [0.2, 0.25) is 0 Å². The van der Waals surface area contributed by atoms with Crippen molar-refractivity contribution in [2.24, 2.45) is 0 Å². The molecule has 1 heterocycles. The first kappa shape index (κ1) is 12.7. The predicted molar refractivity (Wildman–Crippen MR) is 78.5 cm³/mol. The Morgan fingerprint density at radius 1 is 1.53 bits per heavy atom. The molecule has 1 aromatic carbocycles. The third-order valence-electron chi connectivity index (χ3n) is 4.17. The molecule has 1 aliphatic carbocycles. The first-order chi connectivity index (χ1) is 9.15. The van der Waals surface area contributed by atoms with E-state index in [1.54, 1.807) is 0 Å². The van der Waals surface area contributed by atoms with E-state index >= 15 is 0 Å². The van der Waals surface area contributed by atoms with Crippen LogP contribution >= 0.6 is 11.6 Å². The van der Waals surface area contributed by atoms with Crippen LogP contribution in [0.1, 0.15) is 42.5 Å². The summed E-state index contributed by atoms with van der Waals surface area (Å²) in [6.07, 6.45) is 3.61. The number of hydrogen-bond donors (Lipinski definition) is 0. The molecule has 0 amide bonds. The maximum absolute atomic E-state index is 14.5.